The van der Waals surface area contributed by atoms with Gasteiger partial charge in [0.1, 0.15) is 17.4 Å². The highest BCUT2D eigenvalue weighted by atomic mass is 32.1. The van der Waals surface area contributed by atoms with Gasteiger partial charge in [0.05, 0.1) is 25.5 Å². The molecule has 0 aromatic carbocycles. The highest BCUT2D eigenvalue weighted by Gasteiger charge is 2.25. The first-order valence-electron chi connectivity index (χ1n) is 8.63. The van der Waals surface area contributed by atoms with Crippen molar-refractivity contribution in [2.24, 2.45) is 0 Å². The Bertz CT molecular complexity index is 1090. The van der Waals surface area contributed by atoms with E-state index in [2.05, 4.69) is 29.4 Å². The molecule has 0 amide bonds. The van der Waals surface area contributed by atoms with Gasteiger partial charge in [0.2, 0.25) is 5.13 Å². The molecular formula is C17H15F2N7OS. The summed E-state index contributed by atoms with van der Waals surface area (Å²) < 4.78 is 37.9. The molecule has 0 aliphatic carbocycles. The Hall–Kier alpha value is -2.92. The molecule has 0 spiro atoms. The minimum Gasteiger partial charge on any atom is -0.370 e. The van der Waals surface area contributed by atoms with Crippen LogP contribution in [-0.4, -0.2) is 48.6 Å². The maximum atomic E-state index is 13.0. The number of hydrogen-bond donors (Lipinski definition) is 1. The lowest BCUT2D eigenvalue weighted by molar-refractivity contribution is 0.0398. The molecule has 11 heteroatoms. The van der Waals surface area contributed by atoms with Crippen molar-refractivity contribution in [3.63, 3.8) is 0 Å². The van der Waals surface area contributed by atoms with Gasteiger partial charge in [-0.2, -0.15) is 14.5 Å². The van der Waals surface area contributed by atoms with Gasteiger partial charge in [-0.25, -0.2) is 13.8 Å². The zero-order valence-electron chi connectivity index (χ0n) is 14.5. The van der Waals surface area contributed by atoms with Crippen molar-refractivity contribution in [1.29, 1.82) is 0 Å². The molecular weight excluding hydrogens is 388 g/mol. The number of imidazole rings is 1. The predicted octanol–water partition coefficient (Wildman–Crippen LogP) is 3.09. The van der Waals surface area contributed by atoms with E-state index in [0.717, 1.165) is 10.7 Å². The molecule has 5 rings (SSSR count). The molecule has 8 nitrogen and oxygen atoms in total. The number of alkyl halides is 2. The normalized spacial score (nSPS) is 17.7. The number of rotatable bonds is 4. The van der Waals surface area contributed by atoms with Crippen LogP contribution in [0.5, 0.6) is 0 Å². The third-order valence-corrected chi connectivity index (χ3v) is 5.43. The zero-order chi connectivity index (χ0) is 19.1. The lowest BCUT2D eigenvalue weighted by Crippen LogP contribution is -2.38. The molecule has 0 radical (unpaired) electrons. The highest BCUT2D eigenvalue weighted by molar-refractivity contribution is 7.09. The topological polar surface area (TPSA) is 84.2 Å². The maximum absolute atomic E-state index is 13.0. The molecule has 0 bridgehead atoms. The second-order valence-corrected chi connectivity index (χ2v) is 7.10. The SMILES string of the molecule is FC(F)c1ccc2ncc(-c3nsc(N4CCOC(c5cn[nH]c5)C4)n3)n2c1. The minimum atomic E-state index is -2.55. The third-order valence-electron chi connectivity index (χ3n) is 4.65. The number of morpholine rings is 1. The van der Waals surface area contributed by atoms with Gasteiger partial charge in [-0.05, 0) is 12.1 Å². The van der Waals surface area contributed by atoms with Gasteiger partial charge in [-0.1, -0.05) is 0 Å². The molecule has 1 fully saturated rings. The molecule has 1 aliphatic rings. The molecule has 1 N–H and O–H groups in total. The third kappa shape index (κ3) is 3.02. The van der Waals surface area contributed by atoms with Crippen molar-refractivity contribution in [3.8, 4) is 11.5 Å². The molecule has 144 valence electrons. The number of aromatic amines is 1. The van der Waals surface area contributed by atoms with Crippen LogP contribution < -0.4 is 4.90 Å². The van der Waals surface area contributed by atoms with Gasteiger partial charge in [-0.3, -0.25) is 9.50 Å². The number of hydrogen-bond acceptors (Lipinski definition) is 7. The minimum absolute atomic E-state index is 0.0710. The van der Waals surface area contributed by atoms with E-state index in [0.29, 0.717) is 36.9 Å². The monoisotopic (exact) mass is 403 g/mol. The number of fused-ring (bicyclic) bond motifs is 1. The Morgan fingerprint density at radius 2 is 2.21 bits per heavy atom. The second kappa shape index (κ2) is 6.91. The summed E-state index contributed by atoms with van der Waals surface area (Å²) in [4.78, 5) is 11.0. The summed E-state index contributed by atoms with van der Waals surface area (Å²) >= 11 is 1.27. The van der Waals surface area contributed by atoms with Crippen molar-refractivity contribution in [3.05, 3.63) is 48.0 Å². The van der Waals surface area contributed by atoms with Gasteiger partial charge in [0.25, 0.3) is 6.43 Å². The Morgan fingerprint density at radius 3 is 3.04 bits per heavy atom. The quantitative estimate of drug-likeness (QED) is 0.564. The fourth-order valence-electron chi connectivity index (χ4n) is 3.20. The van der Waals surface area contributed by atoms with Crippen LogP contribution in [0, 0.1) is 0 Å². The average molecular weight is 403 g/mol. The van der Waals surface area contributed by atoms with Crippen molar-refractivity contribution >= 4 is 22.3 Å². The van der Waals surface area contributed by atoms with E-state index in [-0.39, 0.29) is 11.7 Å². The van der Waals surface area contributed by atoms with Crippen LogP contribution in [0.3, 0.4) is 0 Å². The van der Waals surface area contributed by atoms with Gasteiger partial charge in [0.15, 0.2) is 5.82 Å². The average Bonchev–Trinajstić information content (AvgIpc) is 3.47. The van der Waals surface area contributed by atoms with Gasteiger partial charge in [0, 0.05) is 41.6 Å². The fourth-order valence-corrected chi connectivity index (χ4v) is 3.91. The number of ether oxygens (including phenoxy) is 1. The fraction of sp³-hybridized carbons (Fsp3) is 0.294. The second-order valence-electron chi connectivity index (χ2n) is 6.37. The Kier molecular flexibility index (Phi) is 4.24. The Balaban J connectivity index is 1.43. The number of nitrogens with one attached hydrogen (secondary N) is 1. The van der Waals surface area contributed by atoms with Crippen LogP contribution in [0.4, 0.5) is 13.9 Å². The van der Waals surface area contributed by atoms with Crippen molar-refractivity contribution in [2.75, 3.05) is 24.6 Å². The first kappa shape index (κ1) is 17.2. The van der Waals surface area contributed by atoms with E-state index in [9.17, 15) is 8.78 Å². The summed E-state index contributed by atoms with van der Waals surface area (Å²) in [6.45, 7) is 1.90. The van der Waals surface area contributed by atoms with E-state index < -0.39 is 6.43 Å². The van der Waals surface area contributed by atoms with E-state index in [1.54, 1.807) is 22.9 Å². The number of pyridine rings is 1. The van der Waals surface area contributed by atoms with Gasteiger partial charge < -0.3 is 9.64 Å². The number of H-pyrrole nitrogens is 1. The van der Waals surface area contributed by atoms with E-state index in [1.807, 2.05) is 6.20 Å². The van der Waals surface area contributed by atoms with E-state index >= 15 is 0 Å². The summed E-state index contributed by atoms with van der Waals surface area (Å²) in [6.07, 6.45) is 3.91. The number of aromatic nitrogens is 6. The molecule has 5 heterocycles. The molecule has 1 saturated heterocycles. The molecule has 1 atom stereocenters. The van der Waals surface area contributed by atoms with Gasteiger partial charge >= 0.3 is 0 Å². The Labute approximate surface area is 162 Å². The zero-order valence-corrected chi connectivity index (χ0v) is 15.3. The van der Waals surface area contributed by atoms with Crippen LogP contribution in [-0.2, 0) is 4.74 Å². The highest BCUT2D eigenvalue weighted by Crippen LogP contribution is 2.30. The smallest absolute Gasteiger partial charge is 0.265 e. The summed E-state index contributed by atoms with van der Waals surface area (Å²) in [5.74, 6) is 0.463. The lowest BCUT2D eigenvalue weighted by Gasteiger charge is -2.31. The lowest BCUT2D eigenvalue weighted by atomic mass is 10.2. The molecule has 1 aliphatic heterocycles. The maximum Gasteiger partial charge on any atom is 0.265 e. The number of halogens is 2. The molecule has 0 saturated carbocycles. The predicted molar refractivity (Wildman–Crippen MR) is 98.5 cm³/mol. The van der Waals surface area contributed by atoms with Crippen LogP contribution in [0.2, 0.25) is 0 Å². The first-order chi connectivity index (χ1) is 13.7. The summed E-state index contributed by atoms with van der Waals surface area (Å²) in [5.41, 5.74) is 2.07. The van der Waals surface area contributed by atoms with Crippen LogP contribution in [0.25, 0.3) is 17.2 Å². The molecule has 4 aromatic heterocycles. The summed E-state index contributed by atoms with van der Waals surface area (Å²) in [5, 5.41) is 7.52. The molecule has 4 aromatic rings. The van der Waals surface area contributed by atoms with Crippen molar-refractivity contribution in [2.45, 2.75) is 12.5 Å². The summed E-state index contributed by atoms with van der Waals surface area (Å²) in [7, 11) is 0. The number of nitrogens with zero attached hydrogens (tertiary/aromatic N) is 6. The summed E-state index contributed by atoms with van der Waals surface area (Å²) in [6, 6.07) is 2.94. The van der Waals surface area contributed by atoms with E-state index in [4.69, 9.17) is 4.74 Å². The largest absolute Gasteiger partial charge is 0.370 e. The Morgan fingerprint density at radius 1 is 1.29 bits per heavy atom. The van der Waals surface area contributed by atoms with E-state index in [1.165, 1.54) is 23.8 Å². The van der Waals surface area contributed by atoms with Crippen molar-refractivity contribution in [1.82, 2.24) is 28.9 Å². The molecule has 28 heavy (non-hydrogen) atoms. The van der Waals surface area contributed by atoms with Gasteiger partial charge in [-0.15, -0.1) is 0 Å². The van der Waals surface area contributed by atoms with Crippen molar-refractivity contribution < 1.29 is 13.5 Å². The molecule has 1 unspecified atom stereocenters. The van der Waals surface area contributed by atoms with Crippen LogP contribution in [0.1, 0.15) is 23.7 Å². The first-order valence-corrected chi connectivity index (χ1v) is 9.41. The van der Waals surface area contributed by atoms with Crippen LogP contribution in [0.15, 0.2) is 36.9 Å². The standard InChI is InChI=1S/C17H15F2N7OS/c18-15(19)10-1-2-14-20-7-12(26(14)8-10)16-23-17(28-24-16)25-3-4-27-13(9-25)11-5-21-22-6-11/h1-2,5-8,13,15H,3-4,9H2,(H,21,22). The van der Waals surface area contributed by atoms with Crippen LogP contribution >= 0.6 is 11.5 Å². The number of anilines is 1.